The number of amides is 1. The average molecular weight is 255 g/mol. The van der Waals surface area contributed by atoms with Gasteiger partial charge >= 0.3 is 0 Å². The van der Waals surface area contributed by atoms with Crippen LogP contribution in [0.2, 0.25) is 0 Å². The van der Waals surface area contributed by atoms with Gasteiger partial charge in [-0.05, 0) is 40.9 Å². The highest BCUT2D eigenvalue weighted by Crippen LogP contribution is 2.24. The summed E-state index contributed by atoms with van der Waals surface area (Å²) in [6.45, 7) is 2.77. The molecule has 0 radical (unpaired) electrons. The van der Waals surface area contributed by atoms with Crippen LogP contribution in [0, 0.1) is 6.92 Å². The van der Waals surface area contributed by atoms with Crippen molar-refractivity contribution in [3.8, 4) is 0 Å². The molecule has 1 saturated heterocycles. The van der Waals surface area contributed by atoms with Crippen LogP contribution in [0.25, 0.3) is 0 Å². The summed E-state index contributed by atoms with van der Waals surface area (Å²) in [5.41, 5.74) is 1.04. The maximum atomic E-state index is 11.5. The molecule has 14 heavy (non-hydrogen) atoms. The lowest BCUT2D eigenvalue weighted by Crippen LogP contribution is -2.25. The number of aryl methyl sites for hydroxylation is 1. The van der Waals surface area contributed by atoms with Gasteiger partial charge < -0.3 is 0 Å². The van der Waals surface area contributed by atoms with Gasteiger partial charge in [0, 0.05) is 13.0 Å². The Morgan fingerprint density at radius 2 is 2.29 bits per heavy atom. The number of anilines is 1. The molecule has 1 aromatic rings. The standard InChI is InChI=1S/C10H11BrN2O/c1-7-4-5-8(11)12-10(7)13-6-2-3-9(13)14/h4-5H,2-3,6H2,1H3. The Balaban J connectivity index is 2.39. The van der Waals surface area contributed by atoms with Gasteiger partial charge in [-0.25, -0.2) is 4.98 Å². The lowest BCUT2D eigenvalue weighted by atomic mass is 10.3. The smallest absolute Gasteiger partial charge is 0.228 e. The molecule has 0 bridgehead atoms. The Labute approximate surface area is 91.3 Å². The van der Waals surface area contributed by atoms with Crippen molar-refractivity contribution in [1.29, 1.82) is 0 Å². The molecule has 4 heteroatoms. The molecule has 0 N–H and O–H groups in total. The van der Waals surface area contributed by atoms with Gasteiger partial charge in [0.2, 0.25) is 5.91 Å². The number of nitrogens with zero attached hydrogens (tertiary/aromatic N) is 2. The maximum Gasteiger partial charge on any atom is 0.228 e. The Morgan fingerprint density at radius 1 is 1.50 bits per heavy atom. The van der Waals surface area contributed by atoms with Crippen LogP contribution in [0.5, 0.6) is 0 Å². The number of hydrogen-bond acceptors (Lipinski definition) is 2. The van der Waals surface area contributed by atoms with Crippen LogP contribution in [0.3, 0.4) is 0 Å². The Kier molecular flexibility index (Phi) is 2.54. The molecule has 1 aromatic heterocycles. The summed E-state index contributed by atoms with van der Waals surface area (Å²) in [6.07, 6.45) is 1.58. The van der Waals surface area contributed by atoms with E-state index in [4.69, 9.17) is 0 Å². The summed E-state index contributed by atoms with van der Waals surface area (Å²) >= 11 is 3.31. The van der Waals surface area contributed by atoms with E-state index >= 15 is 0 Å². The van der Waals surface area contributed by atoms with Crippen molar-refractivity contribution < 1.29 is 4.79 Å². The van der Waals surface area contributed by atoms with Crippen molar-refractivity contribution in [1.82, 2.24) is 4.98 Å². The van der Waals surface area contributed by atoms with Gasteiger partial charge in [-0.2, -0.15) is 0 Å². The number of pyridine rings is 1. The van der Waals surface area contributed by atoms with Crippen LogP contribution < -0.4 is 4.90 Å². The second kappa shape index (κ2) is 3.69. The highest BCUT2D eigenvalue weighted by Gasteiger charge is 2.23. The van der Waals surface area contributed by atoms with Gasteiger partial charge in [-0.3, -0.25) is 9.69 Å². The number of hydrogen-bond donors (Lipinski definition) is 0. The van der Waals surface area contributed by atoms with Gasteiger partial charge in [-0.1, -0.05) is 6.07 Å². The number of carbonyl (C=O) groups excluding carboxylic acids is 1. The fourth-order valence-corrected chi connectivity index (χ4v) is 1.94. The van der Waals surface area contributed by atoms with Crippen LogP contribution in [-0.4, -0.2) is 17.4 Å². The topological polar surface area (TPSA) is 33.2 Å². The molecule has 74 valence electrons. The molecule has 1 aliphatic heterocycles. The molecular weight excluding hydrogens is 244 g/mol. The van der Waals surface area contributed by atoms with Crippen molar-refractivity contribution in [3.05, 3.63) is 22.3 Å². The summed E-state index contributed by atoms with van der Waals surface area (Å²) in [7, 11) is 0. The first kappa shape index (κ1) is 9.65. The van der Waals surface area contributed by atoms with E-state index in [1.165, 1.54) is 0 Å². The van der Waals surface area contributed by atoms with Gasteiger partial charge in [-0.15, -0.1) is 0 Å². The van der Waals surface area contributed by atoms with E-state index in [1.807, 2.05) is 19.1 Å². The van der Waals surface area contributed by atoms with Crippen LogP contribution in [0.1, 0.15) is 18.4 Å². The van der Waals surface area contributed by atoms with E-state index in [1.54, 1.807) is 4.90 Å². The highest BCUT2D eigenvalue weighted by molar-refractivity contribution is 9.10. The average Bonchev–Trinajstić information content (AvgIpc) is 2.56. The maximum absolute atomic E-state index is 11.5. The summed E-state index contributed by atoms with van der Waals surface area (Å²) in [6, 6.07) is 3.86. The number of halogens is 1. The molecule has 1 aliphatic rings. The molecule has 0 aromatic carbocycles. The summed E-state index contributed by atoms with van der Waals surface area (Å²) in [4.78, 5) is 17.6. The van der Waals surface area contributed by atoms with E-state index in [2.05, 4.69) is 20.9 Å². The van der Waals surface area contributed by atoms with Gasteiger partial charge in [0.05, 0.1) is 0 Å². The van der Waals surface area contributed by atoms with Crippen molar-refractivity contribution >= 4 is 27.7 Å². The molecule has 0 atom stereocenters. The Hall–Kier alpha value is -0.900. The van der Waals surface area contributed by atoms with Crippen molar-refractivity contribution in [2.45, 2.75) is 19.8 Å². The third kappa shape index (κ3) is 1.66. The quantitative estimate of drug-likeness (QED) is 0.721. The van der Waals surface area contributed by atoms with Crippen LogP contribution in [0.4, 0.5) is 5.82 Å². The minimum absolute atomic E-state index is 0.179. The normalized spacial score (nSPS) is 16.4. The number of carbonyl (C=O) groups is 1. The van der Waals surface area contributed by atoms with Crippen LogP contribution >= 0.6 is 15.9 Å². The predicted molar refractivity (Wildman–Crippen MR) is 58.3 cm³/mol. The van der Waals surface area contributed by atoms with E-state index in [-0.39, 0.29) is 5.91 Å². The summed E-state index contributed by atoms with van der Waals surface area (Å²) in [5.74, 6) is 0.973. The zero-order valence-electron chi connectivity index (χ0n) is 7.96. The highest BCUT2D eigenvalue weighted by atomic mass is 79.9. The zero-order chi connectivity index (χ0) is 10.1. The molecule has 3 nitrogen and oxygen atoms in total. The monoisotopic (exact) mass is 254 g/mol. The lowest BCUT2D eigenvalue weighted by molar-refractivity contribution is -0.117. The van der Waals surface area contributed by atoms with Crippen molar-refractivity contribution in [2.75, 3.05) is 11.4 Å². The van der Waals surface area contributed by atoms with E-state index in [0.29, 0.717) is 6.42 Å². The lowest BCUT2D eigenvalue weighted by Gasteiger charge is -2.16. The summed E-state index contributed by atoms with van der Waals surface area (Å²) in [5, 5.41) is 0. The number of rotatable bonds is 1. The van der Waals surface area contributed by atoms with E-state index in [9.17, 15) is 4.79 Å². The first-order valence-corrected chi connectivity index (χ1v) is 5.41. The molecule has 1 fully saturated rings. The first-order chi connectivity index (χ1) is 6.68. The largest absolute Gasteiger partial charge is 0.297 e. The summed E-state index contributed by atoms with van der Waals surface area (Å²) < 4.78 is 0.776. The molecule has 0 saturated carbocycles. The van der Waals surface area contributed by atoms with E-state index < -0.39 is 0 Å². The fraction of sp³-hybridized carbons (Fsp3) is 0.400. The van der Waals surface area contributed by atoms with Crippen molar-refractivity contribution in [2.24, 2.45) is 0 Å². The minimum Gasteiger partial charge on any atom is -0.297 e. The molecule has 2 heterocycles. The SMILES string of the molecule is Cc1ccc(Br)nc1N1CCCC1=O. The molecule has 1 amide bonds. The van der Waals surface area contributed by atoms with E-state index in [0.717, 1.165) is 29.0 Å². The van der Waals surface area contributed by atoms with Gasteiger partial charge in [0.1, 0.15) is 10.4 Å². The Bertz CT molecular complexity index is 378. The number of aromatic nitrogens is 1. The fourth-order valence-electron chi connectivity index (χ4n) is 1.64. The second-order valence-electron chi connectivity index (χ2n) is 3.42. The molecule has 0 spiro atoms. The Morgan fingerprint density at radius 3 is 2.93 bits per heavy atom. The molecule has 0 aliphatic carbocycles. The molecular formula is C10H11BrN2O. The first-order valence-electron chi connectivity index (χ1n) is 4.62. The minimum atomic E-state index is 0.179. The zero-order valence-corrected chi connectivity index (χ0v) is 9.54. The van der Waals surface area contributed by atoms with Gasteiger partial charge in [0.25, 0.3) is 0 Å². The van der Waals surface area contributed by atoms with Crippen molar-refractivity contribution in [3.63, 3.8) is 0 Å². The van der Waals surface area contributed by atoms with Gasteiger partial charge in [0.15, 0.2) is 0 Å². The van der Waals surface area contributed by atoms with Crippen LogP contribution in [0.15, 0.2) is 16.7 Å². The second-order valence-corrected chi connectivity index (χ2v) is 4.24. The third-order valence-electron chi connectivity index (χ3n) is 2.37. The third-order valence-corrected chi connectivity index (χ3v) is 2.81. The molecule has 0 unspecified atom stereocenters. The molecule has 2 rings (SSSR count). The van der Waals surface area contributed by atoms with Crippen LogP contribution in [-0.2, 0) is 4.79 Å². The predicted octanol–water partition coefficient (Wildman–Crippen LogP) is 2.28.